The first-order chi connectivity index (χ1) is 9.49. The van der Waals surface area contributed by atoms with Gasteiger partial charge in [0.25, 0.3) is 7.37 Å². The summed E-state index contributed by atoms with van der Waals surface area (Å²) in [5, 5.41) is 2.13. The summed E-state index contributed by atoms with van der Waals surface area (Å²) in [5.74, 6) is 0.723. The summed E-state index contributed by atoms with van der Waals surface area (Å²) < 4.78 is 19.3. The molecule has 2 atom stereocenters. The molecule has 0 heterocycles. The Kier molecular flexibility index (Phi) is 4.82. The second-order valence-electron chi connectivity index (χ2n) is 5.14. The van der Waals surface area contributed by atoms with Gasteiger partial charge in [0.05, 0.1) is 4.99 Å². The van der Waals surface area contributed by atoms with Gasteiger partial charge >= 0.3 is 0 Å². The van der Waals surface area contributed by atoms with E-state index in [2.05, 4.69) is 0 Å². The van der Waals surface area contributed by atoms with Crippen LogP contribution in [0.5, 0.6) is 5.75 Å². The van der Waals surface area contributed by atoms with Crippen LogP contribution >= 0.6 is 19.1 Å². The molecule has 0 aliphatic carbocycles. The van der Waals surface area contributed by atoms with Crippen molar-refractivity contribution in [2.75, 3.05) is 6.26 Å². The molecule has 0 amide bonds. The molecule has 2 nitrogen and oxygen atoms in total. The van der Waals surface area contributed by atoms with Gasteiger partial charge in [-0.15, -0.1) is 0 Å². The van der Waals surface area contributed by atoms with Gasteiger partial charge in [0.2, 0.25) is 0 Å². The Morgan fingerprint density at radius 3 is 2.35 bits per heavy atom. The van der Waals surface area contributed by atoms with Crippen molar-refractivity contribution in [3.05, 3.63) is 42.5 Å². The first kappa shape index (κ1) is 15.5. The van der Waals surface area contributed by atoms with E-state index in [0.29, 0.717) is 0 Å². The fourth-order valence-electron chi connectivity index (χ4n) is 2.18. The molecular weight excluding hydrogens is 287 g/mol. The van der Waals surface area contributed by atoms with Gasteiger partial charge in [-0.2, -0.15) is 11.8 Å². The van der Waals surface area contributed by atoms with Crippen LogP contribution in [0.3, 0.4) is 0 Å². The molecule has 2 unspecified atom stereocenters. The van der Waals surface area contributed by atoms with E-state index < -0.39 is 7.37 Å². The normalized spacial score (nSPS) is 16.1. The van der Waals surface area contributed by atoms with Crippen LogP contribution in [0.15, 0.2) is 42.5 Å². The van der Waals surface area contributed by atoms with Crippen molar-refractivity contribution in [3.63, 3.8) is 0 Å². The molecule has 0 N–H and O–H groups in total. The van der Waals surface area contributed by atoms with Crippen molar-refractivity contribution in [1.29, 1.82) is 0 Å². The maximum absolute atomic E-state index is 13.2. The first-order valence-electron chi connectivity index (χ1n) is 6.78. The second kappa shape index (κ2) is 6.24. The molecule has 0 saturated carbocycles. The first-order valence-corrected chi connectivity index (χ1v) is 9.83. The number of rotatable bonds is 5. The van der Waals surface area contributed by atoms with E-state index in [0.717, 1.165) is 16.5 Å². The van der Waals surface area contributed by atoms with E-state index in [1.54, 1.807) is 11.8 Å². The smallest absolute Gasteiger partial charge is 0.262 e. The fraction of sp³-hybridized carbons (Fsp3) is 0.375. The lowest BCUT2D eigenvalue weighted by atomic mass is 10.1. The Morgan fingerprint density at radius 2 is 1.70 bits per heavy atom. The number of fused-ring (bicyclic) bond motifs is 1. The lowest BCUT2D eigenvalue weighted by molar-refractivity contribution is 0.473. The van der Waals surface area contributed by atoms with Gasteiger partial charge in [-0.25, -0.2) is 0 Å². The third kappa shape index (κ3) is 2.89. The average Bonchev–Trinajstić information content (AvgIpc) is 2.46. The molecule has 0 aromatic heterocycles. The standard InChI is InChI=1S/C16H21O2PS/c1-12(2)19(17,13(3)20-4)18-16-11-7-9-14-8-5-6-10-15(14)16/h5-13H,1-4H3. The topological polar surface area (TPSA) is 26.3 Å². The molecule has 0 aliphatic heterocycles. The molecular formula is C16H21O2PS. The molecule has 0 bridgehead atoms. The Hall–Kier alpha value is -0.920. The second-order valence-corrected chi connectivity index (χ2v) is 9.95. The lowest BCUT2D eigenvalue weighted by Gasteiger charge is -2.28. The number of thioether (sulfide) groups is 1. The third-order valence-corrected chi connectivity index (χ3v) is 8.69. The van der Waals surface area contributed by atoms with Crippen molar-refractivity contribution < 1.29 is 9.09 Å². The highest BCUT2D eigenvalue weighted by atomic mass is 32.2. The Morgan fingerprint density at radius 1 is 1.05 bits per heavy atom. The van der Waals surface area contributed by atoms with Crippen LogP contribution in [-0.2, 0) is 4.57 Å². The highest BCUT2D eigenvalue weighted by molar-refractivity contribution is 8.05. The average molecular weight is 308 g/mol. The summed E-state index contributed by atoms with van der Waals surface area (Å²) in [6.45, 7) is 5.92. The lowest BCUT2D eigenvalue weighted by Crippen LogP contribution is -2.13. The van der Waals surface area contributed by atoms with E-state index in [4.69, 9.17) is 4.52 Å². The van der Waals surface area contributed by atoms with E-state index in [1.807, 2.05) is 69.5 Å². The zero-order valence-electron chi connectivity index (χ0n) is 12.4. The summed E-state index contributed by atoms with van der Waals surface area (Å²) in [6.07, 6.45) is 1.98. The molecule has 2 aromatic carbocycles. The maximum Gasteiger partial charge on any atom is 0.262 e. The Balaban J connectivity index is 2.47. The number of benzene rings is 2. The largest absolute Gasteiger partial charge is 0.441 e. The summed E-state index contributed by atoms with van der Waals surface area (Å²) in [6, 6.07) is 13.9. The quantitative estimate of drug-likeness (QED) is 0.671. The van der Waals surface area contributed by atoms with Gasteiger partial charge in [0.15, 0.2) is 0 Å². The highest BCUT2D eigenvalue weighted by Gasteiger charge is 2.35. The number of hydrogen-bond donors (Lipinski definition) is 0. The van der Waals surface area contributed by atoms with Crippen molar-refractivity contribution in [1.82, 2.24) is 0 Å². The molecule has 108 valence electrons. The van der Waals surface area contributed by atoms with Crippen LogP contribution < -0.4 is 4.52 Å². The van der Waals surface area contributed by atoms with Crippen molar-refractivity contribution >= 4 is 29.9 Å². The predicted molar refractivity (Wildman–Crippen MR) is 90.3 cm³/mol. The third-order valence-electron chi connectivity index (χ3n) is 3.56. The Labute approximate surface area is 125 Å². The summed E-state index contributed by atoms with van der Waals surface area (Å²) in [7, 11) is -2.75. The molecule has 0 fully saturated rings. The van der Waals surface area contributed by atoms with Gasteiger partial charge < -0.3 is 4.52 Å². The SMILES string of the molecule is CSC(C)P(=O)(Oc1cccc2ccccc12)C(C)C. The minimum absolute atomic E-state index is 0.00363. The summed E-state index contributed by atoms with van der Waals surface area (Å²) in [5.41, 5.74) is 0.00363. The maximum atomic E-state index is 13.2. The summed E-state index contributed by atoms with van der Waals surface area (Å²) >= 11 is 1.60. The van der Waals surface area contributed by atoms with Gasteiger partial charge in [-0.3, -0.25) is 4.57 Å². The summed E-state index contributed by atoms with van der Waals surface area (Å²) in [4.78, 5) is -0.0125. The monoisotopic (exact) mass is 308 g/mol. The molecule has 0 spiro atoms. The van der Waals surface area contributed by atoms with Crippen LogP contribution in [-0.4, -0.2) is 16.9 Å². The molecule has 2 rings (SSSR count). The van der Waals surface area contributed by atoms with Gasteiger partial charge in [0.1, 0.15) is 5.75 Å². The fourth-order valence-corrected chi connectivity index (χ4v) is 5.88. The van der Waals surface area contributed by atoms with Crippen molar-refractivity contribution in [2.24, 2.45) is 0 Å². The molecule has 0 radical (unpaired) electrons. The van der Waals surface area contributed by atoms with E-state index in [9.17, 15) is 4.57 Å². The van der Waals surface area contributed by atoms with E-state index >= 15 is 0 Å². The van der Waals surface area contributed by atoms with Crippen molar-refractivity contribution in [3.8, 4) is 5.75 Å². The van der Waals surface area contributed by atoms with Crippen LogP contribution in [0.25, 0.3) is 10.8 Å². The highest BCUT2D eigenvalue weighted by Crippen LogP contribution is 2.59. The van der Waals surface area contributed by atoms with Gasteiger partial charge in [-0.1, -0.05) is 50.2 Å². The molecule has 20 heavy (non-hydrogen) atoms. The molecule has 0 saturated heterocycles. The van der Waals surface area contributed by atoms with Gasteiger partial charge in [-0.05, 0) is 24.6 Å². The zero-order chi connectivity index (χ0) is 14.8. The van der Waals surface area contributed by atoms with E-state index in [-0.39, 0.29) is 10.7 Å². The predicted octanol–water partition coefficient (Wildman–Crippen LogP) is 5.61. The zero-order valence-corrected chi connectivity index (χ0v) is 14.1. The number of hydrogen-bond acceptors (Lipinski definition) is 3. The molecule has 2 aromatic rings. The molecule has 4 heteroatoms. The minimum atomic E-state index is -2.75. The van der Waals surface area contributed by atoms with Crippen LogP contribution in [0, 0.1) is 0 Å². The van der Waals surface area contributed by atoms with Crippen LogP contribution in [0.2, 0.25) is 0 Å². The Bertz CT molecular complexity index is 634. The minimum Gasteiger partial charge on any atom is -0.441 e. The van der Waals surface area contributed by atoms with E-state index in [1.165, 1.54) is 0 Å². The van der Waals surface area contributed by atoms with Gasteiger partial charge in [0, 0.05) is 11.0 Å². The van der Waals surface area contributed by atoms with Crippen LogP contribution in [0.1, 0.15) is 20.8 Å². The van der Waals surface area contributed by atoms with Crippen LogP contribution in [0.4, 0.5) is 0 Å². The van der Waals surface area contributed by atoms with Crippen molar-refractivity contribution in [2.45, 2.75) is 31.4 Å². The molecule has 0 aliphatic rings.